The van der Waals surface area contributed by atoms with Crippen molar-refractivity contribution in [3.05, 3.63) is 161 Å². The molecule has 11 heteroatoms. The molecular weight excluding hydrogens is 880 g/mol. The standard InChI is InChI=1S/3C8H7F.C4H6O2.3C4H9.C4H7.C2H4O2S.C2H6O2.Sn/c1-2-7-4-3-5-8(9)6-7;2*1-2-7-5-3-4-6-8(7)9;1-3-4(5)6-2;4*1-3-4-2;1-2-5(3)4;3-1-2-4;/h3*2-6H,1H2;3H,1H2,2H3;3*1,3-4H2,2H3;1,4H2,2H3;2,5H,1H2;3-4H,1-2H2;. The molecular formula is C48H71F3O6SSn. The fourth-order valence-corrected chi connectivity index (χ4v) is 21.0. The maximum atomic E-state index is 12.5. The second kappa shape index (κ2) is 43.6. The quantitative estimate of drug-likeness (QED) is 0.0539. The van der Waals surface area contributed by atoms with Crippen LogP contribution < -0.4 is 0 Å². The average Bonchev–Trinajstić information content (AvgIpc) is 3.27. The summed E-state index contributed by atoms with van der Waals surface area (Å²) >= 11 is -1.99. The topological polar surface area (TPSA) is 101 Å². The number of allylic oxidation sites excluding steroid dienone is 1. The molecule has 0 heterocycles. The van der Waals surface area contributed by atoms with Crippen molar-refractivity contribution in [1.82, 2.24) is 0 Å². The molecule has 0 radical (unpaired) electrons. The Morgan fingerprint density at radius 1 is 0.695 bits per heavy atom. The van der Waals surface area contributed by atoms with Crippen molar-refractivity contribution < 1.29 is 41.3 Å². The molecule has 0 unspecified atom stereocenters. The summed E-state index contributed by atoms with van der Waals surface area (Å²) in [5.74, 6) is -1.04. The second-order valence-corrected chi connectivity index (χ2v) is 26.9. The summed E-state index contributed by atoms with van der Waals surface area (Å²) in [6.07, 6.45) is 15.5. The van der Waals surface area contributed by atoms with Gasteiger partial charge in [0.05, 0.1) is 20.3 Å². The van der Waals surface area contributed by atoms with Gasteiger partial charge < -0.3 is 14.9 Å². The maximum Gasteiger partial charge on any atom is 0.0662 e. The molecule has 59 heavy (non-hydrogen) atoms. The predicted molar refractivity (Wildman–Crippen MR) is 251 cm³/mol. The SMILES string of the molecule is C=CC(=O)OC.C=C[SH](=O)=O.C=Cc1cccc(F)c1.C=Cc1ccccc1F.C=Cc1ccccc1F.C=[C](CC)[Sn]([CH2]CCC)([CH2]CCC)[CH2]CCC.OCCO. The molecule has 0 amide bonds. The largest absolute Gasteiger partial charge is 0.394 e. The zero-order chi connectivity index (χ0) is 45.9. The third kappa shape index (κ3) is 35.7. The van der Waals surface area contributed by atoms with E-state index in [9.17, 15) is 26.4 Å². The maximum absolute atomic E-state index is 12.5. The molecule has 0 bridgehead atoms. The number of ether oxygens (including phenoxy) is 1. The Morgan fingerprint density at radius 3 is 1.31 bits per heavy atom. The van der Waals surface area contributed by atoms with Crippen LogP contribution in [0.1, 0.15) is 89.3 Å². The van der Waals surface area contributed by atoms with Crippen LogP contribution in [0.3, 0.4) is 0 Å². The van der Waals surface area contributed by atoms with E-state index in [1.807, 2.05) is 0 Å². The van der Waals surface area contributed by atoms with Crippen molar-refractivity contribution >= 4 is 53.3 Å². The van der Waals surface area contributed by atoms with Crippen LogP contribution in [-0.4, -0.2) is 63.3 Å². The number of carbonyl (C=O) groups excluding carboxylic acids is 1. The first-order valence-corrected chi connectivity index (χ1v) is 28.4. The first-order valence-electron chi connectivity index (χ1n) is 19.7. The Balaban J connectivity index is -0.000000315. The molecule has 0 saturated heterocycles. The molecule has 0 fully saturated rings. The average molecular weight is 952 g/mol. The van der Waals surface area contributed by atoms with Crippen LogP contribution in [0.4, 0.5) is 13.2 Å². The fraction of sp³-hybridized carbons (Fsp3) is 0.354. The zero-order valence-corrected chi connectivity index (χ0v) is 39.9. The van der Waals surface area contributed by atoms with E-state index in [0.29, 0.717) is 11.1 Å². The summed E-state index contributed by atoms with van der Waals surface area (Å²) in [6, 6.07) is 19.4. The van der Waals surface area contributed by atoms with Crippen molar-refractivity contribution in [2.45, 2.75) is 86.0 Å². The van der Waals surface area contributed by atoms with E-state index in [1.165, 1.54) is 88.5 Å². The van der Waals surface area contributed by atoms with Crippen molar-refractivity contribution in [1.29, 1.82) is 0 Å². The van der Waals surface area contributed by atoms with Crippen LogP contribution in [0.15, 0.2) is 127 Å². The summed E-state index contributed by atoms with van der Waals surface area (Å²) in [7, 11) is -1.02. The molecule has 0 atom stereocenters. The molecule has 3 aromatic carbocycles. The van der Waals surface area contributed by atoms with Crippen molar-refractivity contribution in [3.8, 4) is 0 Å². The number of carbonyl (C=O) groups is 1. The number of hydrogen-bond donors (Lipinski definition) is 3. The van der Waals surface area contributed by atoms with Gasteiger partial charge in [0, 0.05) is 22.6 Å². The molecule has 0 aliphatic heterocycles. The molecule has 2 N–H and O–H groups in total. The van der Waals surface area contributed by atoms with E-state index in [1.54, 1.807) is 71.5 Å². The number of hydrogen-bond acceptors (Lipinski definition) is 6. The Morgan fingerprint density at radius 2 is 1.10 bits per heavy atom. The Kier molecular flexibility index (Phi) is 45.6. The fourth-order valence-electron chi connectivity index (χ4n) is 4.82. The van der Waals surface area contributed by atoms with Gasteiger partial charge in [0.25, 0.3) is 0 Å². The summed E-state index contributed by atoms with van der Waals surface area (Å²) < 4.78 is 66.5. The third-order valence-electron chi connectivity index (χ3n) is 8.15. The van der Waals surface area contributed by atoms with Crippen LogP contribution in [0.5, 0.6) is 0 Å². The molecule has 3 aromatic rings. The van der Waals surface area contributed by atoms with Gasteiger partial charge in [-0.05, 0) is 29.8 Å². The van der Waals surface area contributed by atoms with Crippen LogP contribution in [0, 0.1) is 17.5 Å². The van der Waals surface area contributed by atoms with E-state index < -0.39 is 35.1 Å². The number of esters is 1. The van der Waals surface area contributed by atoms with Gasteiger partial charge in [0.2, 0.25) is 0 Å². The predicted octanol–water partition coefficient (Wildman–Crippen LogP) is 12.8. The molecule has 0 spiro atoms. The Bertz CT molecular complexity index is 1580. The first-order chi connectivity index (χ1) is 28.2. The summed E-state index contributed by atoms with van der Waals surface area (Å²) in [5, 5.41) is 16.1. The van der Waals surface area contributed by atoms with E-state index in [-0.39, 0.29) is 30.7 Å². The second-order valence-electron chi connectivity index (χ2n) is 12.4. The summed E-state index contributed by atoms with van der Waals surface area (Å²) in [5.41, 5.74) is 1.92. The monoisotopic (exact) mass is 952 g/mol. The number of rotatable bonds is 17. The van der Waals surface area contributed by atoms with Crippen LogP contribution >= 0.6 is 0 Å². The number of aliphatic hydroxyl groups excluding tert-OH is 2. The third-order valence-corrected chi connectivity index (χ3v) is 25.0. The van der Waals surface area contributed by atoms with Crippen molar-refractivity contribution in [2.24, 2.45) is 0 Å². The Labute approximate surface area is 360 Å². The molecule has 0 aromatic heterocycles. The van der Waals surface area contributed by atoms with Crippen LogP contribution in [0.25, 0.3) is 18.2 Å². The number of thiol groups is 1. The molecule has 6 nitrogen and oxygen atoms in total. The van der Waals surface area contributed by atoms with Crippen molar-refractivity contribution in [3.63, 3.8) is 0 Å². The zero-order valence-electron chi connectivity index (χ0n) is 36.2. The number of benzene rings is 3. The van der Waals surface area contributed by atoms with Gasteiger partial charge in [0.15, 0.2) is 10.7 Å². The van der Waals surface area contributed by atoms with Crippen LogP contribution in [0.2, 0.25) is 13.3 Å². The number of unbranched alkanes of at least 4 members (excludes halogenated alkanes) is 3. The first kappa shape index (κ1) is 61.7. The van der Waals surface area contributed by atoms with E-state index in [0.717, 1.165) is 17.0 Å². The molecule has 3 rings (SSSR count). The minimum Gasteiger partial charge on any atom is -0.394 e. The normalized spacial score (nSPS) is 9.41. The minimum atomic E-state index is -2.33. The summed E-state index contributed by atoms with van der Waals surface area (Å²) in [6.45, 7) is 30.1. The van der Waals surface area contributed by atoms with Gasteiger partial charge in [-0.25, -0.2) is 26.4 Å². The smallest absolute Gasteiger partial charge is 0.0662 e. The number of methoxy groups -OCH3 is 1. The molecule has 0 aliphatic rings. The number of aliphatic hydroxyl groups is 2. The van der Waals surface area contributed by atoms with Gasteiger partial charge in [-0.3, -0.25) is 0 Å². The molecule has 0 aliphatic carbocycles. The van der Waals surface area contributed by atoms with E-state index >= 15 is 0 Å². The van der Waals surface area contributed by atoms with Gasteiger partial charge in [-0.15, -0.1) is 0 Å². The number of halogens is 3. The van der Waals surface area contributed by atoms with E-state index in [4.69, 9.17) is 10.2 Å². The van der Waals surface area contributed by atoms with Crippen LogP contribution in [-0.2, 0) is 20.2 Å². The van der Waals surface area contributed by atoms with Gasteiger partial charge in [-0.2, -0.15) is 0 Å². The van der Waals surface area contributed by atoms with Gasteiger partial charge in [0.1, 0.15) is 17.5 Å². The molecule has 0 saturated carbocycles. The molecule has 330 valence electrons. The Hall–Kier alpha value is -3.97. The summed E-state index contributed by atoms with van der Waals surface area (Å²) in [4.78, 5) is 9.84. The van der Waals surface area contributed by atoms with E-state index in [2.05, 4.69) is 71.9 Å². The van der Waals surface area contributed by atoms with Gasteiger partial charge in [-0.1, -0.05) is 99.7 Å². The minimum absolute atomic E-state index is 0.125. The van der Waals surface area contributed by atoms with Crippen molar-refractivity contribution in [2.75, 3.05) is 20.3 Å². The van der Waals surface area contributed by atoms with Gasteiger partial charge >= 0.3 is 120 Å².